The number of allylic oxidation sites excluding steroid dienone is 3. The van der Waals surface area contributed by atoms with E-state index in [1.165, 1.54) is 60.0 Å². The van der Waals surface area contributed by atoms with Crippen LogP contribution in [0.4, 0.5) is 0 Å². The van der Waals surface area contributed by atoms with Crippen LogP contribution in [0.15, 0.2) is 84.0 Å². The van der Waals surface area contributed by atoms with Gasteiger partial charge in [-0.2, -0.15) is 5.26 Å². The Labute approximate surface area is 306 Å². The lowest BCUT2D eigenvalue weighted by Crippen LogP contribution is -2.66. The van der Waals surface area contributed by atoms with Crippen LogP contribution in [0, 0.1) is 51.2 Å². The molecule has 3 nitrogen and oxygen atoms in total. The summed E-state index contributed by atoms with van der Waals surface area (Å²) in [4.78, 5) is 0. The molecule has 2 aromatic carbocycles. The smallest absolute Gasteiger partial charge is 0.261 e. The van der Waals surface area contributed by atoms with Crippen molar-refractivity contribution in [3.05, 3.63) is 84.0 Å². The van der Waals surface area contributed by atoms with E-state index in [-0.39, 0.29) is 16.4 Å². The lowest BCUT2D eigenvalue weighted by molar-refractivity contribution is -0.146. The molecule has 2 unspecified atom stereocenters. The Morgan fingerprint density at radius 2 is 1.56 bits per heavy atom. The van der Waals surface area contributed by atoms with Gasteiger partial charge in [-0.1, -0.05) is 139 Å². The first-order valence-electron chi connectivity index (χ1n) is 19.7. The minimum Gasteiger partial charge on any atom is -0.404 e. The number of benzene rings is 2. The molecule has 0 saturated heterocycles. The summed E-state index contributed by atoms with van der Waals surface area (Å²) < 4.78 is 7.07. The maximum absolute atomic E-state index is 11.4. The van der Waals surface area contributed by atoms with Crippen molar-refractivity contribution in [3.8, 4) is 6.07 Å². The lowest BCUT2D eigenvalue weighted by Gasteiger charge is -2.65. The average Bonchev–Trinajstić information content (AvgIpc) is 3.06. The van der Waals surface area contributed by atoms with Crippen LogP contribution in [-0.4, -0.2) is 26.1 Å². The van der Waals surface area contributed by atoms with Crippen LogP contribution in [-0.2, 0) is 4.43 Å². The highest BCUT2D eigenvalue weighted by Gasteiger charge is 2.60. The van der Waals surface area contributed by atoms with E-state index in [9.17, 15) is 10.4 Å². The van der Waals surface area contributed by atoms with Crippen LogP contribution in [0.5, 0.6) is 0 Å². The molecule has 0 aliphatic heterocycles. The van der Waals surface area contributed by atoms with Crippen molar-refractivity contribution >= 4 is 18.7 Å². The van der Waals surface area contributed by atoms with Gasteiger partial charge in [0.1, 0.15) is 0 Å². The number of aliphatic hydroxyl groups is 1. The second-order valence-corrected chi connectivity index (χ2v) is 23.0. The molecule has 1 N–H and O–H groups in total. The first-order chi connectivity index (χ1) is 23.6. The third-order valence-corrected chi connectivity index (χ3v) is 19.2. The lowest BCUT2D eigenvalue weighted by atomic mass is 9.39. The summed E-state index contributed by atoms with van der Waals surface area (Å²) in [6.45, 7) is 22.2. The maximum Gasteiger partial charge on any atom is 0.261 e. The van der Waals surface area contributed by atoms with Crippen LogP contribution in [0.1, 0.15) is 127 Å². The van der Waals surface area contributed by atoms with E-state index >= 15 is 0 Å². The molecule has 50 heavy (non-hydrogen) atoms. The second-order valence-electron chi connectivity index (χ2n) is 18.7. The predicted octanol–water partition coefficient (Wildman–Crippen LogP) is 10.8. The Kier molecular flexibility index (Phi) is 11.8. The van der Waals surface area contributed by atoms with E-state index < -0.39 is 14.4 Å². The quantitative estimate of drug-likeness (QED) is 0.178. The third kappa shape index (κ3) is 7.40. The highest BCUT2D eigenvalue weighted by molar-refractivity contribution is 6.99. The molecule has 2 saturated carbocycles. The van der Waals surface area contributed by atoms with E-state index in [1.54, 1.807) is 0 Å². The molecule has 0 aromatic heterocycles. The van der Waals surface area contributed by atoms with Crippen LogP contribution >= 0.6 is 0 Å². The Hall–Kier alpha value is -2.45. The van der Waals surface area contributed by atoms with Crippen molar-refractivity contribution < 1.29 is 9.53 Å². The Morgan fingerprint density at radius 1 is 0.940 bits per heavy atom. The zero-order valence-electron chi connectivity index (χ0n) is 32.9. The van der Waals surface area contributed by atoms with Gasteiger partial charge >= 0.3 is 0 Å². The summed E-state index contributed by atoms with van der Waals surface area (Å²) in [5.41, 5.74) is 3.82. The summed E-state index contributed by atoms with van der Waals surface area (Å²) in [6, 6.07) is 24.1. The zero-order chi connectivity index (χ0) is 36.4. The fourth-order valence-corrected chi connectivity index (χ4v) is 16.1. The number of hydrogen-bond donors (Lipinski definition) is 1. The zero-order valence-corrected chi connectivity index (χ0v) is 33.9. The SMILES string of the molecule is CC1=CC[C@H]2[C@]3(C)CCCC(C)(C)[C@H]3CC[C@]2(C)[C@H]1CCC(C#N)C(O)CC/C(C)=C/CO[Si](c1ccccc1)(c1ccccc1)C(C)(C)C. The predicted molar refractivity (Wildman–Crippen MR) is 213 cm³/mol. The van der Waals surface area contributed by atoms with Crippen LogP contribution in [0.25, 0.3) is 0 Å². The fraction of sp³-hybridized carbons (Fsp3) is 0.630. The molecule has 272 valence electrons. The van der Waals surface area contributed by atoms with Gasteiger partial charge in [-0.05, 0) is 121 Å². The van der Waals surface area contributed by atoms with Crippen LogP contribution in [0.2, 0.25) is 5.04 Å². The van der Waals surface area contributed by atoms with Gasteiger partial charge in [0.25, 0.3) is 8.32 Å². The Morgan fingerprint density at radius 3 is 2.14 bits per heavy atom. The highest BCUT2D eigenvalue weighted by Crippen LogP contribution is 2.68. The van der Waals surface area contributed by atoms with Crippen molar-refractivity contribution in [2.45, 2.75) is 138 Å². The molecule has 2 aromatic rings. The van der Waals surface area contributed by atoms with Crippen molar-refractivity contribution in [2.24, 2.45) is 39.9 Å². The standard InChI is InChI=1S/C46H67NO2Si/c1-34(28-32-49-50(43(3,4)5,37-17-12-10-13-18-37)38-19-14-11-15-20-38)21-25-40(48)36(33-47)23-24-39-35(2)22-26-42-45(39,8)31-27-41-44(6,7)29-16-30-46(41,42)9/h10-15,17-20,22,28,36,39-42,48H,16,21,23-27,29-32H2,1-9H3/b34-28+/t36?,39-,40?,41+,42+,45+,46+/m0/s1. The van der Waals surface area contributed by atoms with E-state index in [4.69, 9.17) is 4.43 Å². The number of nitriles is 1. The number of hydrogen-bond acceptors (Lipinski definition) is 3. The molecule has 4 heteroatoms. The van der Waals surface area contributed by atoms with Crippen molar-refractivity contribution in [1.82, 2.24) is 0 Å². The third-order valence-electron chi connectivity index (χ3n) is 14.2. The molecule has 7 atom stereocenters. The van der Waals surface area contributed by atoms with Crippen molar-refractivity contribution in [1.29, 1.82) is 5.26 Å². The number of nitrogens with zero attached hydrogens (tertiary/aromatic N) is 1. The van der Waals surface area contributed by atoms with E-state index in [0.29, 0.717) is 35.7 Å². The summed E-state index contributed by atoms with van der Waals surface area (Å²) in [7, 11) is -2.60. The normalized spacial score (nSPS) is 29.6. The molecule has 0 bridgehead atoms. The average molecular weight is 694 g/mol. The van der Waals surface area contributed by atoms with Crippen LogP contribution < -0.4 is 10.4 Å². The molecule has 0 radical (unpaired) electrons. The number of fused-ring (bicyclic) bond motifs is 3. The molecule has 5 rings (SSSR count). The van der Waals surface area contributed by atoms with Gasteiger partial charge in [0.05, 0.1) is 24.7 Å². The van der Waals surface area contributed by atoms with Gasteiger partial charge in [-0.25, -0.2) is 0 Å². The molecule has 3 aliphatic carbocycles. The largest absolute Gasteiger partial charge is 0.404 e. The Bertz CT molecular complexity index is 1490. The van der Waals surface area contributed by atoms with Gasteiger partial charge in [-0.3, -0.25) is 0 Å². The number of aliphatic hydroxyl groups excluding tert-OH is 1. The summed E-state index contributed by atoms with van der Waals surface area (Å²) in [5.74, 6) is 1.65. The van der Waals surface area contributed by atoms with Gasteiger partial charge in [0, 0.05) is 0 Å². The molecule has 0 spiro atoms. The monoisotopic (exact) mass is 693 g/mol. The number of rotatable bonds is 12. The molecule has 0 heterocycles. The van der Waals surface area contributed by atoms with E-state index in [0.717, 1.165) is 25.2 Å². The van der Waals surface area contributed by atoms with E-state index in [1.807, 2.05) is 0 Å². The maximum atomic E-state index is 11.4. The van der Waals surface area contributed by atoms with E-state index in [2.05, 4.69) is 141 Å². The summed E-state index contributed by atoms with van der Waals surface area (Å²) in [5, 5.41) is 24.1. The fourth-order valence-electron chi connectivity index (χ4n) is 11.6. The van der Waals surface area contributed by atoms with Crippen molar-refractivity contribution in [2.75, 3.05) is 6.61 Å². The van der Waals surface area contributed by atoms with Gasteiger partial charge in [0.2, 0.25) is 0 Å². The topological polar surface area (TPSA) is 53.2 Å². The van der Waals surface area contributed by atoms with Crippen molar-refractivity contribution in [3.63, 3.8) is 0 Å². The summed E-state index contributed by atoms with van der Waals surface area (Å²) >= 11 is 0. The van der Waals surface area contributed by atoms with Gasteiger partial charge in [-0.15, -0.1) is 0 Å². The molecule has 3 aliphatic rings. The first-order valence-corrected chi connectivity index (χ1v) is 21.7. The van der Waals surface area contributed by atoms with Gasteiger partial charge in [0.15, 0.2) is 0 Å². The summed E-state index contributed by atoms with van der Waals surface area (Å²) in [6.07, 6.45) is 15.2. The molecule has 0 amide bonds. The first kappa shape index (κ1) is 38.8. The van der Waals surface area contributed by atoms with Gasteiger partial charge < -0.3 is 9.53 Å². The molecular formula is C46H67NO2Si. The molecule has 2 fully saturated rings. The highest BCUT2D eigenvalue weighted by atomic mass is 28.4. The second kappa shape index (κ2) is 15.3. The minimum atomic E-state index is -2.60. The molecular weight excluding hydrogens is 627 g/mol. The minimum absolute atomic E-state index is 0.0688. The van der Waals surface area contributed by atoms with Crippen LogP contribution in [0.3, 0.4) is 0 Å². The Balaban J connectivity index is 1.22.